The van der Waals surface area contributed by atoms with Crippen LogP contribution in [0.5, 0.6) is 0 Å². The number of benzene rings is 2. The van der Waals surface area contributed by atoms with Crippen molar-refractivity contribution in [2.24, 2.45) is 11.8 Å². The Labute approximate surface area is 236 Å². The van der Waals surface area contributed by atoms with E-state index in [2.05, 4.69) is 21.3 Å². The second-order valence-electron chi connectivity index (χ2n) is 11.5. The SMILES string of the molecule is CC(C)CC(NC(=O)Nc1ccccc1)C(=O)N[C@@H](Cc1ccccc1)C(=O)N[C@@H](CC(C)C)C(=O)[C@@]1(C)CO1. The van der Waals surface area contributed by atoms with Gasteiger partial charge in [0, 0.05) is 12.1 Å². The Hall–Kier alpha value is -3.72. The van der Waals surface area contributed by atoms with Crippen molar-refractivity contribution in [3.8, 4) is 0 Å². The maximum absolute atomic E-state index is 13.6. The molecule has 4 atom stereocenters. The molecular formula is C31H42N4O5. The predicted molar refractivity (Wildman–Crippen MR) is 155 cm³/mol. The van der Waals surface area contributed by atoms with E-state index in [4.69, 9.17) is 4.74 Å². The van der Waals surface area contributed by atoms with Crippen molar-refractivity contribution in [3.63, 3.8) is 0 Å². The summed E-state index contributed by atoms with van der Waals surface area (Å²) in [7, 11) is 0. The molecule has 2 aromatic carbocycles. The van der Waals surface area contributed by atoms with E-state index in [0.29, 0.717) is 25.1 Å². The molecule has 3 rings (SSSR count). The van der Waals surface area contributed by atoms with Crippen molar-refractivity contribution >= 4 is 29.3 Å². The smallest absolute Gasteiger partial charge is 0.319 e. The number of amides is 4. The average molecular weight is 551 g/mol. The van der Waals surface area contributed by atoms with Crippen molar-refractivity contribution in [1.82, 2.24) is 16.0 Å². The zero-order chi connectivity index (χ0) is 29.3. The normalized spacial score (nSPS) is 18.4. The molecule has 2 aromatic rings. The quantitative estimate of drug-likeness (QED) is 0.266. The van der Waals surface area contributed by atoms with E-state index in [1.807, 2.05) is 64.1 Å². The van der Waals surface area contributed by atoms with Crippen LogP contribution in [-0.2, 0) is 25.5 Å². The molecule has 0 aliphatic carbocycles. The van der Waals surface area contributed by atoms with E-state index in [-0.39, 0.29) is 24.0 Å². The van der Waals surface area contributed by atoms with Crippen LogP contribution in [0.1, 0.15) is 53.0 Å². The van der Waals surface area contributed by atoms with Crippen molar-refractivity contribution in [1.29, 1.82) is 0 Å². The number of carbonyl (C=O) groups is 4. The third kappa shape index (κ3) is 9.48. The van der Waals surface area contributed by atoms with E-state index in [9.17, 15) is 19.2 Å². The number of urea groups is 1. The van der Waals surface area contributed by atoms with Crippen LogP contribution in [-0.4, -0.2) is 54.0 Å². The van der Waals surface area contributed by atoms with Crippen molar-refractivity contribution < 1.29 is 23.9 Å². The molecule has 1 fully saturated rings. The molecule has 1 aliphatic rings. The molecule has 9 nitrogen and oxygen atoms in total. The second-order valence-corrected chi connectivity index (χ2v) is 11.5. The van der Waals surface area contributed by atoms with Crippen LogP contribution in [0.15, 0.2) is 60.7 Å². The summed E-state index contributed by atoms with van der Waals surface area (Å²) >= 11 is 0. The van der Waals surface area contributed by atoms with Gasteiger partial charge in [-0.3, -0.25) is 14.4 Å². The average Bonchev–Trinajstić information content (AvgIpc) is 3.66. The summed E-state index contributed by atoms with van der Waals surface area (Å²) < 4.78 is 5.35. The van der Waals surface area contributed by atoms with Crippen molar-refractivity contribution in [2.45, 2.75) is 77.6 Å². The van der Waals surface area contributed by atoms with Gasteiger partial charge in [-0.1, -0.05) is 76.2 Å². The van der Waals surface area contributed by atoms with Crippen LogP contribution < -0.4 is 21.3 Å². The highest BCUT2D eigenvalue weighted by atomic mass is 16.6. The number of para-hydroxylation sites is 1. The number of ketones is 1. The van der Waals surface area contributed by atoms with Gasteiger partial charge in [-0.25, -0.2) is 4.79 Å². The highest BCUT2D eigenvalue weighted by molar-refractivity contribution is 5.99. The summed E-state index contributed by atoms with van der Waals surface area (Å²) in [5.41, 5.74) is 0.560. The molecule has 0 spiro atoms. The molecule has 1 aliphatic heterocycles. The number of Topliss-reactive ketones (excluding diaryl/α,β-unsaturated/α-hetero) is 1. The second kappa shape index (κ2) is 14.1. The first kappa shape index (κ1) is 30.8. The molecule has 0 radical (unpaired) electrons. The maximum Gasteiger partial charge on any atom is 0.319 e. The lowest BCUT2D eigenvalue weighted by Gasteiger charge is -2.27. The molecule has 9 heteroatoms. The number of nitrogens with one attached hydrogen (secondary N) is 4. The third-order valence-corrected chi connectivity index (χ3v) is 6.71. The fraction of sp³-hybridized carbons (Fsp3) is 0.484. The monoisotopic (exact) mass is 550 g/mol. The van der Waals surface area contributed by atoms with Gasteiger partial charge >= 0.3 is 6.03 Å². The van der Waals surface area contributed by atoms with Gasteiger partial charge in [0.2, 0.25) is 11.8 Å². The van der Waals surface area contributed by atoms with Crippen LogP contribution in [0.25, 0.3) is 0 Å². The van der Waals surface area contributed by atoms with Crippen molar-refractivity contribution in [3.05, 3.63) is 66.2 Å². The number of epoxide rings is 1. The minimum atomic E-state index is -0.959. The molecule has 1 unspecified atom stereocenters. The maximum atomic E-state index is 13.6. The lowest BCUT2D eigenvalue weighted by Crippen LogP contribution is -2.57. The van der Waals surface area contributed by atoms with Gasteiger partial charge in [0.15, 0.2) is 5.78 Å². The Bertz CT molecular complexity index is 1150. The zero-order valence-electron chi connectivity index (χ0n) is 24.0. The van der Waals surface area contributed by atoms with Gasteiger partial charge in [-0.2, -0.15) is 0 Å². The largest absolute Gasteiger partial charge is 0.361 e. The lowest BCUT2D eigenvalue weighted by atomic mass is 9.93. The highest BCUT2D eigenvalue weighted by Crippen LogP contribution is 2.29. The number of anilines is 1. The number of hydrogen-bond donors (Lipinski definition) is 4. The van der Waals surface area contributed by atoms with Crippen LogP contribution in [0.2, 0.25) is 0 Å². The number of carbonyl (C=O) groups excluding carboxylic acids is 4. The molecule has 4 amide bonds. The minimum Gasteiger partial charge on any atom is -0.361 e. The van der Waals surface area contributed by atoms with E-state index in [1.165, 1.54) is 0 Å². The predicted octanol–water partition coefficient (Wildman–Crippen LogP) is 3.84. The molecule has 0 bridgehead atoms. The van der Waals surface area contributed by atoms with Gasteiger partial charge in [0.25, 0.3) is 0 Å². The van der Waals surface area contributed by atoms with E-state index in [1.54, 1.807) is 31.2 Å². The summed E-state index contributed by atoms with van der Waals surface area (Å²) in [6, 6.07) is 15.2. The first-order valence-electron chi connectivity index (χ1n) is 13.9. The van der Waals surface area contributed by atoms with Gasteiger partial charge in [0.05, 0.1) is 12.6 Å². The fourth-order valence-electron chi connectivity index (χ4n) is 4.48. The fourth-order valence-corrected chi connectivity index (χ4v) is 4.48. The summed E-state index contributed by atoms with van der Waals surface area (Å²) in [6.45, 7) is 9.92. The summed E-state index contributed by atoms with van der Waals surface area (Å²) in [5, 5.41) is 11.2. The summed E-state index contributed by atoms with van der Waals surface area (Å²) in [5.74, 6) is -0.853. The van der Waals surface area contributed by atoms with Crippen LogP contribution >= 0.6 is 0 Å². The molecule has 40 heavy (non-hydrogen) atoms. The van der Waals surface area contributed by atoms with E-state index >= 15 is 0 Å². The number of hydrogen-bond acceptors (Lipinski definition) is 5. The molecular weight excluding hydrogens is 508 g/mol. The molecule has 1 heterocycles. The van der Waals surface area contributed by atoms with Crippen LogP contribution in [0.3, 0.4) is 0 Å². The molecule has 216 valence electrons. The van der Waals surface area contributed by atoms with E-state index < -0.39 is 41.6 Å². The van der Waals surface area contributed by atoms with Gasteiger partial charge in [-0.15, -0.1) is 0 Å². The van der Waals surface area contributed by atoms with E-state index in [0.717, 1.165) is 5.56 Å². The Morgan fingerprint density at radius 2 is 1.25 bits per heavy atom. The van der Waals surface area contributed by atoms with Crippen molar-refractivity contribution in [2.75, 3.05) is 11.9 Å². The Kier molecular flexibility index (Phi) is 10.8. The first-order valence-corrected chi connectivity index (χ1v) is 13.9. The Morgan fingerprint density at radius 3 is 1.80 bits per heavy atom. The van der Waals surface area contributed by atoms with Crippen LogP contribution in [0, 0.1) is 11.8 Å². The lowest BCUT2D eigenvalue weighted by molar-refractivity contribution is -0.133. The summed E-state index contributed by atoms with van der Waals surface area (Å²) in [6.07, 6.45) is 1.05. The Balaban J connectivity index is 1.77. The van der Waals surface area contributed by atoms with Gasteiger partial charge in [-0.05, 0) is 49.3 Å². The number of ether oxygens (including phenoxy) is 1. The van der Waals surface area contributed by atoms with Crippen LogP contribution in [0.4, 0.5) is 10.5 Å². The topological polar surface area (TPSA) is 129 Å². The number of rotatable bonds is 14. The third-order valence-electron chi connectivity index (χ3n) is 6.71. The molecule has 0 aromatic heterocycles. The first-order chi connectivity index (χ1) is 19.0. The van der Waals surface area contributed by atoms with Gasteiger partial charge < -0.3 is 26.0 Å². The molecule has 0 saturated carbocycles. The minimum absolute atomic E-state index is 0.0986. The standard InChI is InChI=1S/C31H42N4O5/c1-20(2)16-24(27(36)31(5)19-40-31)33-29(38)26(18-22-12-8-6-9-13-22)34-28(37)25(17-21(3)4)35-30(39)32-23-14-10-7-11-15-23/h6-15,20-21,24-26H,16-19H2,1-5H3,(H,33,38)(H,34,37)(H2,32,35,39)/t24-,25?,26-,31+/m0/s1. The highest BCUT2D eigenvalue weighted by Gasteiger charge is 2.50. The molecule has 1 saturated heterocycles. The summed E-state index contributed by atoms with van der Waals surface area (Å²) in [4.78, 5) is 53.0. The van der Waals surface area contributed by atoms with Gasteiger partial charge in [0.1, 0.15) is 17.7 Å². The Morgan fingerprint density at radius 1 is 0.750 bits per heavy atom. The molecule has 4 N–H and O–H groups in total. The zero-order valence-corrected chi connectivity index (χ0v) is 24.0.